The minimum Gasteiger partial charge on any atom is -0.360 e. The van der Waals surface area contributed by atoms with Crippen LogP contribution < -0.4 is 0 Å². The molecule has 0 N–H and O–H groups in total. The minimum absolute atomic E-state index is 0.146. The maximum Gasteiger partial charge on any atom is 0.223 e. The number of hydrogen-bond acceptors (Lipinski definition) is 4. The van der Waals surface area contributed by atoms with Gasteiger partial charge >= 0.3 is 0 Å². The summed E-state index contributed by atoms with van der Waals surface area (Å²) in [5, 5.41) is 3.95. The van der Waals surface area contributed by atoms with Gasteiger partial charge in [0.25, 0.3) is 0 Å². The van der Waals surface area contributed by atoms with E-state index in [1.54, 1.807) is 6.07 Å². The van der Waals surface area contributed by atoms with Gasteiger partial charge in [0.15, 0.2) is 5.15 Å². The number of piperidine rings is 1. The number of aryl methyl sites for hydroxylation is 3. The summed E-state index contributed by atoms with van der Waals surface area (Å²) in [7, 11) is 2.02. The number of hydrogen-bond donors (Lipinski definition) is 0. The highest BCUT2D eigenvalue weighted by molar-refractivity contribution is 6.29. The van der Waals surface area contributed by atoms with Crippen molar-refractivity contribution < 1.29 is 9.32 Å². The van der Waals surface area contributed by atoms with Crippen LogP contribution in [0.4, 0.5) is 0 Å². The molecule has 1 aliphatic rings. The van der Waals surface area contributed by atoms with Gasteiger partial charge in [0.05, 0.1) is 5.69 Å². The normalized spacial score (nSPS) is 18.4. The van der Waals surface area contributed by atoms with Crippen molar-refractivity contribution in [1.29, 1.82) is 0 Å². The van der Waals surface area contributed by atoms with Gasteiger partial charge in [-0.15, -0.1) is 0 Å². The quantitative estimate of drug-likeness (QED) is 0.861. The standard InChI is InChI=1S/C16H21ClN4O2/c1-11-9-20(2)16(18-11)12-4-3-7-21(10-12)15(22)6-5-13-8-14(17)19-23-13/h8-9,12H,3-7,10H2,1-2H3/t12-/m1/s1. The second-order valence-corrected chi connectivity index (χ2v) is 6.53. The summed E-state index contributed by atoms with van der Waals surface area (Å²) in [6.45, 7) is 3.55. The van der Waals surface area contributed by atoms with Crippen molar-refractivity contribution in [2.75, 3.05) is 13.1 Å². The van der Waals surface area contributed by atoms with Crippen LogP contribution in [-0.4, -0.2) is 38.6 Å². The topological polar surface area (TPSA) is 64.2 Å². The van der Waals surface area contributed by atoms with E-state index in [1.807, 2.05) is 25.1 Å². The molecule has 1 amide bonds. The number of imidazole rings is 1. The van der Waals surface area contributed by atoms with Crippen molar-refractivity contribution in [2.45, 2.75) is 38.5 Å². The predicted molar refractivity (Wildman–Crippen MR) is 86.3 cm³/mol. The van der Waals surface area contributed by atoms with Crippen molar-refractivity contribution in [2.24, 2.45) is 7.05 Å². The maximum atomic E-state index is 12.4. The highest BCUT2D eigenvalue weighted by Gasteiger charge is 2.27. The molecule has 2 aromatic rings. The Kier molecular flexibility index (Phi) is 4.71. The number of carbonyl (C=O) groups is 1. The molecule has 23 heavy (non-hydrogen) atoms. The molecule has 3 rings (SSSR count). The lowest BCUT2D eigenvalue weighted by atomic mass is 9.96. The molecule has 0 unspecified atom stereocenters. The fraction of sp³-hybridized carbons (Fsp3) is 0.562. The van der Waals surface area contributed by atoms with E-state index in [-0.39, 0.29) is 5.91 Å². The number of nitrogens with zero attached hydrogens (tertiary/aromatic N) is 4. The molecule has 124 valence electrons. The molecule has 1 saturated heterocycles. The van der Waals surface area contributed by atoms with Gasteiger partial charge in [0.1, 0.15) is 11.6 Å². The largest absolute Gasteiger partial charge is 0.360 e. The van der Waals surface area contributed by atoms with E-state index in [0.717, 1.165) is 37.4 Å². The molecule has 0 aromatic carbocycles. The Bertz CT molecular complexity index is 694. The molecular weight excluding hydrogens is 316 g/mol. The fourth-order valence-electron chi connectivity index (χ4n) is 3.22. The number of aromatic nitrogens is 3. The molecular formula is C16H21ClN4O2. The summed E-state index contributed by atoms with van der Waals surface area (Å²) in [6.07, 6.45) is 5.06. The SMILES string of the molecule is Cc1cn(C)c([C@@H]2CCCN(C(=O)CCc3cc(Cl)no3)C2)n1. The van der Waals surface area contributed by atoms with Gasteiger partial charge in [-0.3, -0.25) is 4.79 Å². The molecule has 0 spiro atoms. The zero-order chi connectivity index (χ0) is 16.4. The third kappa shape index (κ3) is 3.75. The molecule has 6 nitrogen and oxygen atoms in total. The van der Waals surface area contributed by atoms with Gasteiger partial charge in [-0.2, -0.15) is 0 Å². The summed E-state index contributed by atoms with van der Waals surface area (Å²) < 4.78 is 7.12. The highest BCUT2D eigenvalue weighted by Crippen LogP contribution is 2.26. The first kappa shape index (κ1) is 16.1. The van der Waals surface area contributed by atoms with Crippen LogP contribution in [0.15, 0.2) is 16.8 Å². The lowest BCUT2D eigenvalue weighted by molar-refractivity contribution is -0.132. The molecule has 0 saturated carbocycles. The van der Waals surface area contributed by atoms with E-state index in [9.17, 15) is 4.79 Å². The van der Waals surface area contributed by atoms with E-state index < -0.39 is 0 Å². The van der Waals surface area contributed by atoms with Crippen molar-refractivity contribution in [3.8, 4) is 0 Å². The number of halogens is 1. The van der Waals surface area contributed by atoms with Crippen molar-refractivity contribution in [1.82, 2.24) is 19.6 Å². The second-order valence-electron chi connectivity index (χ2n) is 6.15. The lowest BCUT2D eigenvalue weighted by Crippen LogP contribution is -2.39. The third-order valence-electron chi connectivity index (χ3n) is 4.29. The molecule has 0 bridgehead atoms. The van der Waals surface area contributed by atoms with Gasteiger partial charge in [0.2, 0.25) is 5.91 Å². The minimum atomic E-state index is 0.146. The van der Waals surface area contributed by atoms with Crippen LogP contribution in [0, 0.1) is 6.92 Å². The molecule has 1 fully saturated rings. The first-order valence-corrected chi connectivity index (χ1v) is 8.29. The molecule has 1 aliphatic heterocycles. The molecule has 2 aromatic heterocycles. The van der Waals surface area contributed by atoms with Crippen LogP contribution in [0.25, 0.3) is 0 Å². The molecule has 0 radical (unpaired) electrons. The van der Waals surface area contributed by atoms with Crippen molar-refractivity contribution in [3.05, 3.63) is 34.7 Å². The van der Waals surface area contributed by atoms with Gasteiger partial charge in [-0.1, -0.05) is 16.8 Å². The second kappa shape index (κ2) is 6.74. The van der Waals surface area contributed by atoms with Crippen molar-refractivity contribution in [3.63, 3.8) is 0 Å². The third-order valence-corrected chi connectivity index (χ3v) is 4.47. The summed E-state index contributed by atoms with van der Waals surface area (Å²) in [4.78, 5) is 19.0. The Hall–Kier alpha value is -1.82. The van der Waals surface area contributed by atoms with Gasteiger partial charge in [-0.25, -0.2) is 4.98 Å². The monoisotopic (exact) mass is 336 g/mol. The number of carbonyl (C=O) groups excluding carboxylic acids is 1. The Labute approximate surface area is 140 Å². The predicted octanol–water partition coefficient (Wildman–Crippen LogP) is 2.71. The maximum absolute atomic E-state index is 12.4. The highest BCUT2D eigenvalue weighted by atomic mass is 35.5. The van der Waals surface area contributed by atoms with Gasteiger partial charge in [-0.05, 0) is 19.8 Å². The van der Waals surface area contributed by atoms with E-state index in [0.29, 0.717) is 29.7 Å². The van der Waals surface area contributed by atoms with Crippen LogP contribution in [0.1, 0.15) is 42.5 Å². The van der Waals surface area contributed by atoms with Gasteiger partial charge in [0, 0.05) is 51.2 Å². The number of rotatable bonds is 4. The summed E-state index contributed by atoms with van der Waals surface area (Å²) in [5.74, 6) is 2.18. The zero-order valence-corrected chi connectivity index (χ0v) is 14.2. The lowest BCUT2D eigenvalue weighted by Gasteiger charge is -2.32. The molecule has 7 heteroatoms. The van der Waals surface area contributed by atoms with Crippen LogP contribution in [0.5, 0.6) is 0 Å². The fourth-order valence-corrected chi connectivity index (χ4v) is 3.38. The first-order chi connectivity index (χ1) is 11.0. The average molecular weight is 337 g/mol. The van der Waals surface area contributed by atoms with Crippen LogP contribution in [0.3, 0.4) is 0 Å². The van der Waals surface area contributed by atoms with Crippen molar-refractivity contribution >= 4 is 17.5 Å². The van der Waals surface area contributed by atoms with E-state index >= 15 is 0 Å². The summed E-state index contributed by atoms with van der Waals surface area (Å²) in [6, 6.07) is 1.66. The van der Waals surface area contributed by atoms with Crippen LogP contribution in [-0.2, 0) is 18.3 Å². The van der Waals surface area contributed by atoms with E-state index in [1.165, 1.54) is 0 Å². The van der Waals surface area contributed by atoms with E-state index in [4.69, 9.17) is 16.1 Å². The van der Waals surface area contributed by atoms with Gasteiger partial charge < -0.3 is 14.0 Å². The number of amides is 1. The Morgan fingerprint density at radius 2 is 2.35 bits per heavy atom. The Morgan fingerprint density at radius 3 is 3.00 bits per heavy atom. The summed E-state index contributed by atoms with van der Waals surface area (Å²) >= 11 is 5.72. The Morgan fingerprint density at radius 1 is 1.52 bits per heavy atom. The summed E-state index contributed by atoms with van der Waals surface area (Å²) in [5.41, 5.74) is 1.02. The molecule has 0 aliphatic carbocycles. The zero-order valence-electron chi connectivity index (χ0n) is 13.5. The molecule has 1 atom stereocenters. The average Bonchev–Trinajstić information content (AvgIpc) is 3.10. The Balaban J connectivity index is 1.59. The van der Waals surface area contributed by atoms with Crippen LogP contribution in [0.2, 0.25) is 5.15 Å². The first-order valence-electron chi connectivity index (χ1n) is 7.91. The number of likely N-dealkylation sites (tertiary alicyclic amines) is 1. The van der Waals surface area contributed by atoms with E-state index in [2.05, 4.69) is 14.7 Å². The van der Waals surface area contributed by atoms with Crippen LogP contribution >= 0.6 is 11.6 Å². The molecule has 3 heterocycles. The smallest absolute Gasteiger partial charge is 0.223 e.